The molecule has 0 aromatic heterocycles. The van der Waals surface area contributed by atoms with E-state index in [2.05, 4.69) is 31.9 Å². The number of ether oxygens (including phenoxy) is 1. The molecule has 1 amide bonds. The summed E-state index contributed by atoms with van der Waals surface area (Å²) in [4.78, 5) is 21.3. The highest BCUT2D eigenvalue weighted by Gasteiger charge is 2.38. The van der Waals surface area contributed by atoms with Crippen molar-refractivity contribution in [1.29, 1.82) is 0 Å². The summed E-state index contributed by atoms with van der Waals surface area (Å²) < 4.78 is 41.5. The van der Waals surface area contributed by atoms with Gasteiger partial charge in [-0.25, -0.2) is 0 Å². The van der Waals surface area contributed by atoms with E-state index in [9.17, 15) is 22.8 Å². The Morgan fingerprint density at radius 3 is 2.50 bits per heavy atom. The first-order valence-electron chi connectivity index (χ1n) is 6.09. The van der Waals surface area contributed by atoms with E-state index in [1.165, 1.54) is 18.2 Å². The summed E-state index contributed by atoms with van der Waals surface area (Å²) in [7, 11) is 0. The smallest absolute Gasteiger partial charge is 0.465 e. The molecular weight excluding hydrogens is 435 g/mol. The largest absolute Gasteiger partial charge is 0.471 e. The first-order valence-corrected chi connectivity index (χ1v) is 7.92. The zero-order chi connectivity index (χ0) is 16.9. The number of anilines is 1. The van der Waals surface area contributed by atoms with Crippen molar-refractivity contribution in [2.45, 2.75) is 22.8 Å². The second kappa shape index (κ2) is 7.96. The van der Waals surface area contributed by atoms with E-state index in [1.807, 2.05) is 0 Å². The highest BCUT2D eigenvalue weighted by molar-refractivity contribution is 9.12. The number of nitrogens with one attached hydrogen (secondary N) is 1. The van der Waals surface area contributed by atoms with Crippen molar-refractivity contribution in [3.05, 3.63) is 29.8 Å². The highest BCUT2D eigenvalue weighted by atomic mass is 79.9. The van der Waals surface area contributed by atoms with E-state index in [4.69, 9.17) is 4.74 Å². The molecule has 0 heterocycles. The van der Waals surface area contributed by atoms with Crippen LogP contribution in [0.3, 0.4) is 0 Å². The van der Waals surface area contributed by atoms with Crippen LogP contribution < -0.4 is 5.32 Å². The Kier molecular flexibility index (Phi) is 6.86. The molecule has 0 bridgehead atoms. The van der Waals surface area contributed by atoms with E-state index in [1.54, 1.807) is 18.3 Å². The standard InChI is InChI=1S/C13H12Br2F3NO3/c1-2-22-11(20)10(15)9(14)7-4-3-5-8(6-7)19-12(21)13(16,17)18/h3-6,9-10H,2H2,1H3,(H,19,21). The average Bonchev–Trinajstić information content (AvgIpc) is 2.45. The van der Waals surface area contributed by atoms with Crippen LogP contribution in [-0.4, -0.2) is 29.5 Å². The molecule has 1 N–H and O–H groups in total. The molecule has 1 aromatic carbocycles. The SMILES string of the molecule is CCOC(=O)C(Br)C(Br)c1cccc(NC(=O)C(F)(F)F)c1. The summed E-state index contributed by atoms with van der Waals surface area (Å²) in [5, 5.41) is 1.75. The molecular formula is C13H12Br2F3NO3. The van der Waals surface area contributed by atoms with Crippen LogP contribution in [0.1, 0.15) is 17.3 Å². The minimum absolute atomic E-state index is 0.0205. The number of carbonyl (C=O) groups is 2. The van der Waals surface area contributed by atoms with Gasteiger partial charge in [0.25, 0.3) is 0 Å². The van der Waals surface area contributed by atoms with Crippen LogP contribution in [0.2, 0.25) is 0 Å². The number of hydrogen-bond acceptors (Lipinski definition) is 3. The van der Waals surface area contributed by atoms with Crippen molar-refractivity contribution in [1.82, 2.24) is 0 Å². The number of alkyl halides is 5. The summed E-state index contributed by atoms with van der Waals surface area (Å²) >= 11 is 6.44. The van der Waals surface area contributed by atoms with E-state index in [0.29, 0.717) is 5.56 Å². The van der Waals surface area contributed by atoms with E-state index in [0.717, 1.165) is 0 Å². The topological polar surface area (TPSA) is 55.4 Å². The third-order valence-electron chi connectivity index (χ3n) is 2.49. The number of halogens is 5. The molecule has 122 valence electrons. The van der Waals surface area contributed by atoms with Crippen LogP contribution in [0.5, 0.6) is 0 Å². The van der Waals surface area contributed by atoms with Crippen molar-refractivity contribution in [3.63, 3.8) is 0 Å². The molecule has 1 rings (SSSR count). The summed E-state index contributed by atoms with van der Waals surface area (Å²) in [6.07, 6.45) is -4.97. The van der Waals surface area contributed by atoms with Crippen LogP contribution in [0.4, 0.5) is 18.9 Å². The molecule has 0 aliphatic heterocycles. The van der Waals surface area contributed by atoms with Crippen molar-refractivity contribution in [2.75, 3.05) is 11.9 Å². The van der Waals surface area contributed by atoms with Crippen LogP contribution in [0, 0.1) is 0 Å². The first kappa shape index (κ1) is 19.0. The number of benzene rings is 1. The molecule has 1 aromatic rings. The first-order chi connectivity index (χ1) is 10.2. The lowest BCUT2D eigenvalue weighted by Crippen LogP contribution is -2.30. The molecule has 0 aliphatic carbocycles. The lowest BCUT2D eigenvalue weighted by Gasteiger charge is -2.17. The second-order valence-corrected chi connectivity index (χ2v) is 6.11. The molecule has 0 saturated carbocycles. The van der Waals surface area contributed by atoms with E-state index >= 15 is 0 Å². The lowest BCUT2D eigenvalue weighted by atomic mass is 10.1. The van der Waals surface area contributed by atoms with Gasteiger partial charge in [0, 0.05) is 5.69 Å². The predicted octanol–water partition coefficient (Wildman–Crippen LogP) is 3.95. The molecule has 2 unspecified atom stereocenters. The molecule has 9 heteroatoms. The molecule has 0 spiro atoms. The van der Waals surface area contributed by atoms with Gasteiger partial charge in [0.05, 0.1) is 11.4 Å². The molecule has 0 fully saturated rings. The van der Waals surface area contributed by atoms with Crippen molar-refractivity contribution in [2.24, 2.45) is 0 Å². The summed E-state index contributed by atoms with van der Waals surface area (Å²) in [5.74, 6) is -2.56. The number of rotatable bonds is 5. The zero-order valence-electron chi connectivity index (χ0n) is 11.3. The molecule has 4 nitrogen and oxygen atoms in total. The predicted molar refractivity (Wildman–Crippen MR) is 82.1 cm³/mol. The summed E-state index contributed by atoms with van der Waals surface area (Å²) in [6, 6.07) is 5.74. The minimum Gasteiger partial charge on any atom is -0.465 e. The van der Waals surface area contributed by atoms with Crippen LogP contribution in [-0.2, 0) is 14.3 Å². The quantitative estimate of drug-likeness (QED) is 0.550. The zero-order valence-corrected chi connectivity index (χ0v) is 14.5. The summed E-state index contributed by atoms with van der Waals surface area (Å²) in [5.41, 5.74) is 0.489. The van der Waals surface area contributed by atoms with E-state index < -0.39 is 27.7 Å². The third kappa shape index (κ3) is 5.28. The average molecular weight is 447 g/mol. The van der Waals surface area contributed by atoms with Crippen molar-refractivity contribution >= 4 is 49.4 Å². The van der Waals surface area contributed by atoms with Gasteiger partial charge in [-0.2, -0.15) is 13.2 Å². The fourth-order valence-electron chi connectivity index (χ4n) is 1.50. The van der Waals surface area contributed by atoms with Gasteiger partial charge in [0.2, 0.25) is 0 Å². The van der Waals surface area contributed by atoms with Crippen LogP contribution >= 0.6 is 31.9 Å². The fraction of sp³-hybridized carbons (Fsp3) is 0.385. The minimum atomic E-state index is -4.97. The Morgan fingerprint density at radius 1 is 1.32 bits per heavy atom. The maximum absolute atomic E-state index is 12.2. The Bertz CT molecular complexity index is 552. The molecule has 0 saturated heterocycles. The third-order valence-corrected chi connectivity index (χ3v) is 5.16. The Labute approximate surface area is 141 Å². The number of carbonyl (C=O) groups excluding carboxylic acids is 2. The fourth-order valence-corrected chi connectivity index (χ4v) is 2.44. The highest BCUT2D eigenvalue weighted by Crippen LogP contribution is 2.33. The maximum atomic E-state index is 12.2. The van der Waals surface area contributed by atoms with E-state index in [-0.39, 0.29) is 12.3 Å². The Morgan fingerprint density at radius 2 is 1.95 bits per heavy atom. The molecule has 0 aliphatic rings. The van der Waals surface area contributed by atoms with Gasteiger partial charge in [0.15, 0.2) is 0 Å². The molecule has 0 radical (unpaired) electrons. The van der Waals surface area contributed by atoms with Gasteiger partial charge < -0.3 is 10.1 Å². The molecule has 2 atom stereocenters. The van der Waals surface area contributed by atoms with Crippen LogP contribution in [0.25, 0.3) is 0 Å². The second-order valence-electron chi connectivity index (χ2n) is 4.13. The normalized spacial score (nSPS) is 14.1. The number of esters is 1. The lowest BCUT2D eigenvalue weighted by molar-refractivity contribution is -0.167. The van der Waals surface area contributed by atoms with Gasteiger partial charge in [0.1, 0.15) is 4.83 Å². The Hall–Kier alpha value is -1.09. The van der Waals surface area contributed by atoms with Gasteiger partial charge in [-0.3, -0.25) is 9.59 Å². The van der Waals surface area contributed by atoms with Crippen LogP contribution in [0.15, 0.2) is 24.3 Å². The molecule has 22 heavy (non-hydrogen) atoms. The maximum Gasteiger partial charge on any atom is 0.471 e. The number of hydrogen-bond donors (Lipinski definition) is 1. The van der Waals surface area contributed by atoms with Gasteiger partial charge in [-0.05, 0) is 24.6 Å². The van der Waals surface area contributed by atoms with Gasteiger partial charge >= 0.3 is 18.1 Å². The van der Waals surface area contributed by atoms with Gasteiger partial charge in [-0.1, -0.05) is 44.0 Å². The van der Waals surface area contributed by atoms with Crippen molar-refractivity contribution < 1.29 is 27.5 Å². The summed E-state index contributed by atoms with van der Waals surface area (Å²) in [6.45, 7) is 1.87. The monoisotopic (exact) mass is 445 g/mol. The number of amides is 1. The Balaban J connectivity index is 2.87. The van der Waals surface area contributed by atoms with Gasteiger partial charge in [-0.15, -0.1) is 0 Å². The van der Waals surface area contributed by atoms with Crippen molar-refractivity contribution in [3.8, 4) is 0 Å².